The van der Waals surface area contributed by atoms with Crippen molar-refractivity contribution in [3.63, 3.8) is 0 Å². The van der Waals surface area contributed by atoms with Gasteiger partial charge in [0.2, 0.25) is 10.0 Å². The van der Waals surface area contributed by atoms with E-state index in [0.29, 0.717) is 28.1 Å². The van der Waals surface area contributed by atoms with Gasteiger partial charge in [-0.15, -0.1) is 11.3 Å². The van der Waals surface area contributed by atoms with E-state index in [9.17, 15) is 18.0 Å². The Kier molecular flexibility index (Phi) is 5.91. The Morgan fingerprint density at radius 3 is 2.74 bits per heavy atom. The van der Waals surface area contributed by atoms with Crippen molar-refractivity contribution < 1.29 is 17.9 Å². The third-order valence-electron chi connectivity index (χ3n) is 5.34. The number of carbonyl (C=O) groups excluding carboxylic acids is 1. The van der Waals surface area contributed by atoms with E-state index in [1.807, 2.05) is 13.8 Å². The normalized spacial score (nSPS) is 17.3. The number of esters is 1. The molecule has 0 bridgehead atoms. The third kappa shape index (κ3) is 4.12. The highest BCUT2D eigenvalue weighted by molar-refractivity contribution is 7.89. The number of nitrogens with one attached hydrogen (secondary N) is 1. The molecule has 1 aliphatic rings. The number of aryl methyl sites for hydroxylation is 2. The Labute approximate surface area is 187 Å². The number of thiophene rings is 1. The lowest BCUT2D eigenvalue weighted by Crippen LogP contribution is -2.41. The number of aromatic nitrogens is 2. The van der Waals surface area contributed by atoms with E-state index in [2.05, 4.69) is 9.97 Å². The third-order valence-corrected chi connectivity index (χ3v) is 8.61. The zero-order valence-electron chi connectivity index (χ0n) is 16.8. The molecule has 1 fully saturated rings. The molecule has 0 radical (unpaired) electrons. The van der Waals surface area contributed by atoms with Gasteiger partial charge in [-0.2, -0.15) is 4.31 Å². The van der Waals surface area contributed by atoms with Crippen molar-refractivity contribution in [1.29, 1.82) is 0 Å². The van der Waals surface area contributed by atoms with E-state index in [1.165, 1.54) is 35.6 Å². The number of halogens is 1. The predicted molar refractivity (Wildman–Crippen MR) is 118 cm³/mol. The van der Waals surface area contributed by atoms with Crippen LogP contribution in [0.15, 0.2) is 34.0 Å². The number of carbonyl (C=O) groups is 1. The van der Waals surface area contributed by atoms with Gasteiger partial charge in [0.1, 0.15) is 23.3 Å². The molecule has 164 valence electrons. The van der Waals surface area contributed by atoms with Gasteiger partial charge in [0.25, 0.3) is 5.56 Å². The second kappa shape index (κ2) is 8.34. The Morgan fingerprint density at radius 2 is 2.03 bits per heavy atom. The lowest BCUT2D eigenvalue weighted by atomic mass is 10.2. The number of rotatable bonds is 5. The minimum atomic E-state index is -3.87. The number of nitrogens with zero attached hydrogens (tertiary/aromatic N) is 2. The number of H-pyrrole nitrogens is 1. The first-order valence-electron chi connectivity index (χ1n) is 9.61. The van der Waals surface area contributed by atoms with Gasteiger partial charge in [-0.1, -0.05) is 11.6 Å². The highest BCUT2D eigenvalue weighted by Crippen LogP contribution is 2.28. The van der Waals surface area contributed by atoms with Gasteiger partial charge in [-0.05, 0) is 56.5 Å². The van der Waals surface area contributed by atoms with E-state index in [-0.39, 0.29) is 29.4 Å². The summed E-state index contributed by atoms with van der Waals surface area (Å²) in [5, 5.41) is 0.958. The van der Waals surface area contributed by atoms with Crippen molar-refractivity contribution in [2.75, 3.05) is 6.54 Å². The monoisotopic (exact) mass is 481 g/mol. The number of hydrogen-bond donors (Lipinski definition) is 1. The lowest BCUT2D eigenvalue weighted by Gasteiger charge is -2.22. The zero-order chi connectivity index (χ0) is 22.3. The molecule has 1 atom stereocenters. The van der Waals surface area contributed by atoms with Crippen molar-refractivity contribution in [3.8, 4) is 0 Å². The second-order valence-electron chi connectivity index (χ2n) is 7.31. The van der Waals surface area contributed by atoms with Crippen molar-refractivity contribution >= 4 is 49.1 Å². The lowest BCUT2D eigenvalue weighted by molar-refractivity contribution is -0.149. The van der Waals surface area contributed by atoms with Gasteiger partial charge in [0, 0.05) is 16.4 Å². The summed E-state index contributed by atoms with van der Waals surface area (Å²) in [4.78, 5) is 33.7. The number of aromatic amines is 1. The number of hydrogen-bond acceptors (Lipinski definition) is 7. The quantitative estimate of drug-likeness (QED) is 0.560. The first-order valence-corrected chi connectivity index (χ1v) is 12.2. The van der Waals surface area contributed by atoms with Crippen LogP contribution in [0.2, 0.25) is 5.02 Å². The Bertz CT molecular complexity index is 1320. The smallest absolute Gasteiger partial charge is 0.324 e. The fraction of sp³-hybridized carbons (Fsp3) is 0.350. The molecule has 1 saturated heterocycles. The van der Waals surface area contributed by atoms with Gasteiger partial charge < -0.3 is 9.72 Å². The molecule has 1 N–H and O–H groups in total. The summed E-state index contributed by atoms with van der Waals surface area (Å²) in [6, 6.07) is 4.87. The van der Waals surface area contributed by atoms with E-state index in [0.717, 1.165) is 14.7 Å². The summed E-state index contributed by atoms with van der Waals surface area (Å²) in [6.07, 6.45) is 0.902. The highest BCUT2D eigenvalue weighted by atomic mass is 35.5. The summed E-state index contributed by atoms with van der Waals surface area (Å²) in [5.74, 6) is -0.450. The van der Waals surface area contributed by atoms with Crippen LogP contribution >= 0.6 is 22.9 Å². The van der Waals surface area contributed by atoms with Gasteiger partial charge in [-0.3, -0.25) is 9.59 Å². The average molecular weight is 482 g/mol. The van der Waals surface area contributed by atoms with E-state index in [4.69, 9.17) is 16.3 Å². The average Bonchev–Trinajstić information content (AvgIpc) is 3.32. The molecular formula is C20H20ClN3O5S2. The van der Waals surface area contributed by atoms with Crippen LogP contribution in [-0.2, 0) is 26.2 Å². The standard InChI is InChI=1S/C20H20ClN3O5S2/c1-11-12(2)30-19-17(11)18(25)22-16(23-19)10-29-20(26)15-4-3-9-24(15)31(27,28)14-7-5-13(21)6-8-14/h5-8,15H,3-4,9-10H2,1-2H3,(H,22,23,25)/t15-/m1/s1. The van der Waals surface area contributed by atoms with Crippen molar-refractivity contribution in [1.82, 2.24) is 14.3 Å². The van der Waals surface area contributed by atoms with Gasteiger partial charge in [0.15, 0.2) is 0 Å². The summed E-state index contributed by atoms with van der Waals surface area (Å²) in [6.45, 7) is 3.75. The molecule has 0 unspecified atom stereocenters. The molecule has 0 amide bonds. The Hall–Kier alpha value is -2.27. The highest BCUT2D eigenvalue weighted by Gasteiger charge is 2.40. The second-order valence-corrected chi connectivity index (χ2v) is 10.8. The minimum Gasteiger partial charge on any atom is -0.456 e. The molecule has 3 heterocycles. The summed E-state index contributed by atoms with van der Waals surface area (Å²) < 4.78 is 32.4. The van der Waals surface area contributed by atoms with E-state index < -0.39 is 22.0 Å². The Balaban J connectivity index is 1.51. The molecule has 1 aliphatic heterocycles. The molecule has 8 nitrogen and oxygen atoms in total. The van der Waals surface area contributed by atoms with Crippen LogP contribution in [0.25, 0.3) is 10.2 Å². The molecule has 2 aromatic heterocycles. The molecule has 0 saturated carbocycles. The summed E-state index contributed by atoms with van der Waals surface area (Å²) in [5.41, 5.74) is 0.594. The van der Waals surface area contributed by atoms with Crippen LogP contribution in [0.5, 0.6) is 0 Å². The number of benzene rings is 1. The topological polar surface area (TPSA) is 109 Å². The fourth-order valence-corrected chi connectivity index (χ4v) is 6.43. The van der Waals surface area contributed by atoms with Crippen LogP contribution < -0.4 is 5.56 Å². The number of sulfonamides is 1. The first-order chi connectivity index (χ1) is 14.7. The van der Waals surface area contributed by atoms with Crippen LogP contribution in [0.3, 0.4) is 0 Å². The minimum absolute atomic E-state index is 0.0662. The Morgan fingerprint density at radius 1 is 1.32 bits per heavy atom. The summed E-state index contributed by atoms with van der Waals surface area (Å²) >= 11 is 7.24. The van der Waals surface area contributed by atoms with Gasteiger partial charge >= 0.3 is 5.97 Å². The maximum absolute atomic E-state index is 13.0. The zero-order valence-corrected chi connectivity index (χ0v) is 19.2. The number of fused-ring (bicyclic) bond motifs is 1. The first kappa shape index (κ1) is 21.9. The molecule has 11 heteroatoms. The van der Waals surface area contributed by atoms with Gasteiger partial charge in [0.05, 0.1) is 10.3 Å². The maximum Gasteiger partial charge on any atom is 0.324 e. The van der Waals surface area contributed by atoms with E-state index >= 15 is 0 Å². The predicted octanol–water partition coefficient (Wildman–Crippen LogP) is 3.15. The molecule has 31 heavy (non-hydrogen) atoms. The molecule has 4 rings (SSSR count). The number of ether oxygens (including phenoxy) is 1. The van der Waals surface area contributed by atoms with Crippen LogP contribution in [-0.4, -0.2) is 41.2 Å². The molecular weight excluding hydrogens is 462 g/mol. The van der Waals surface area contributed by atoms with Crippen molar-refractivity contribution in [3.05, 3.63) is 55.9 Å². The van der Waals surface area contributed by atoms with Gasteiger partial charge in [-0.25, -0.2) is 13.4 Å². The SMILES string of the molecule is Cc1sc2nc(COC(=O)[C@H]3CCCN3S(=O)(=O)c3ccc(Cl)cc3)[nH]c(=O)c2c1C. The molecule has 0 aliphatic carbocycles. The van der Waals surface area contributed by atoms with E-state index in [1.54, 1.807) is 0 Å². The largest absolute Gasteiger partial charge is 0.456 e. The molecule has 3 aromatic rings. The van der Waals surface area contributed by atoms with Crippen molar-refractivity contribution in [2.24, 2.45) is 0 Å². The fourth-order valence-electron chi connectivity index (χ4n) is 3.61. The molecule has 0 spiro atoms. The van der Waals surface area contributed by atoms with Crippen molar-refractivity contribution in [2.45, 2.75) is 44.2 Å². The van der Waals surface area contributed by atoms with Crippen LogP contribution in [0, 0.1) is 13.8 Å². The maximum atomic E-state index is 13.0. The van der Waals surface area contributed by atoms with Crippen LogP contribution in [0.1, 0.15) is 29.1 Å². The van der Waals surface area contributed by atoms with Crippen LogP contribution in [0.4, 0.5) is 0 Å². The summed E-state index contributed by atoms with van der Waals surface area (Å²) in [7, 11) is -3.87. The molecule has 1 aromatic carbocycles.